The van der Waals surface area contributed by atoms with Crippen LogP contribution in [0.1, 0.15) is 91.2 Å². The van der Waals surface area contributed by atoms with E-state index in [1.807, 2.05) is 22.8 Å². The molecule has 0 spiro atoms. The maximum Gasteiger partial charge on any atom is 0.416 e. The van der Waals surface area contributed by atoms with Crippen molar-refractivity contribution in [2.75, 3.05) is 6.54 Å². The second kappa shape index (κ2) is 11.0. The largest absolute Gasteiger partial charge is 0.475 e. The Kier molecular flexibility index (Phi) is 7.36. The summed E-state index contributed by atoms with van der Waals surface area (Å²) in [7, 11) is 0. The van der Waals surface area contributed by atoms with Crippen molar-refractivity contribution in [1.29, 1.82) is 0 Å². The molecule has 1 aromatic heterocycles. The number of aromatic nitrogens is 2. The van der Waals surface area contributed by atoms with E-state index >= 15 is 0 Å². The van der Waals surface area contributed by atoms with Crippen molar-refractivity contribution in [3.8, 4) is 0 Å². The van der Waals surface area contributed by atoms with Gasteiger partial charge >= 0.3 is 12.1 Å². The fraction of sp³-hybridized carbons (Fsp3) is 0.452. The van der Waals surface area contributed by atoms with Gasteiger partial charge in [-0.15, -0.1) is 0 Å². The summed E-state index contributed by atoms with van der Waals surface area (Å²) in [4.78, 5) is 23.4. The molecule has 3 atom stereocenters. The zero-order valence-corrected chi connectivity index (χ0v) is 22.7. The highest BCUT2D eigenvalue weighted by Gasteiger charge is 2.40. The third kappa shape index (κ3) is 5.37. The third-order valence-electron chi connectivity index (χ3n) is 9.01. The molecule has 7 nitrogen and oxygen atoms in total. The van der Waals surface area contributed by atoms with Crippen LogP contribution >= 0.6 is 0 Å². The molecule has 216 valence electrons. The van der Waals surface area contributed by atoms with E-state index in [9.17, 15) is 23.1 Å². The molecule has 0 bridgehead atoms. The molecule has 0 amide bonds. The van der Waals surface area contributed by atoms with Crippen LogP contribution in [-0.2, 0) is 17.5 Å². The topological polar surface area (TPSA) is 96.7 Å². The lowest BCUT2D eigenvalue weighted by Gasteiger charge is -2.36. The molecule has 2 heterocycles. The first-order valence-electron chi connectivity index (χ1n) is 14.4. The molecule has 3 N–H and O–H groups in total. The number of aliphatic imine (C=N–C) groups is 1. The number of amidine groups is 1. The lowest BCUT2D eigenvalue weighted by atomic mass is 9.83. The summed E-state index contributed by atoms with van der Waals surface area (Å²) in [6.07, 6.45) is 1.94. The van der Waals surface area contributed by atoms with E-state index in [1.165, 1.54) is 24.1 Å². The van der Waals surface area contributed by atoms with Gasteiger partial charge in [0.15, 0.2) is 5.82 Å². The molecule has 2 saturated carbocycles. The van der Waals surface area contributed by atoms with Crippen LogP contribution < -0.4 is 5.73 Å². The van der Waals surface area contributed by atoms with Crippen LogP contribution in [0.25, 0.3) is 0 Å². The van der Waals surface area contributed by atoms with Gasteiger partial charge in [0.1, 0.15) is 17.7 Å². The smallest absolute Gasteiger partial charge is 0.416 e. The molecular weight excluding hydrogens is 531 g/mol. The zero-order chi connectivity index (χ0) is 28.7. The van der Waals surface area contributed by atoms with Gasteiger partial charge in [-0.2, -0.15) is 13.2 Å². The second-order valence-corrected chi connectivity index (χ2v) is 11.5. The van der Waals surface area contributed by atoms with E-state index in [-0.39, 0.29) is 30.0 Å². The second-order valence-electron chi connectivity index (χ2n) is 11.5. The van der Waals surface area contributed by atoms with Crippen LogP contribution in [0.4, 0.5) is 19.0 Å². The Bertz CT molecular complexity index is 1430. The summed E-state index contributed by atoms with van der Waals surface area (Å²) in [5.74, 6) is 0.581. The maximum absolute atomic E-state index is 13.3. The van der Waals surface area contributed by atoms with E-state index in [4.69, 9.17) is 10.7 Å². The van der Waals surface area contributed by atoms with Crippen molar-refractivity contribution in [3.05, 3.63) is 82.8 Å². The highest BCUT2D eigenvalue weighted by Crippen LogP contribution is 2.48. The van der Waals surface area contributed by atoms with Gasteiger partial charge in [0.25, 0.3) is 0 Å². The number of rotatable bonds is 8. The predicted octanol–water partition coefficient (Wildman–Crippen LogP) is 6.58. The van der Waals surface area contributed by atoms with Crippen molar-refractivity contribution >= 4 is 17.6 Å². The van der Waals surface area contributed by atoms with Crippen LogP contribution in [0.5, 0.6) is 0 Å². The number of nitrogens with zero attached hydrogens (tertiary/aromatic N) is 4. The van der Waals surface area contributed by atoms with Crippen molar-refractivity contribution in [1.82, 2.24) is 14.5 Å². The Balaban J connectivity index is 1.42. The van der Waals surface area contributed by atoms with Crippen LogP contribution in [0.15, 0.2) is 59.6 Å². The molecule has 3 unspecified atom stereocenters. The number of fused-ring (bicyclic) bond motifs is 1. The van der Waals surface area contributed by atoms with E-state index in [0.717, 1.165) is 56.5 Å². The number of aliphatic carboxylic acids is 1. The van der Waals surface area contributed by atoms with Gasteiger partial charge in [-0.05, 0) is 54.4 Å². The van der Waals surface area contributed by atoms with Gasteiger partial charge < -0.3 is 20.3 Å². The molecule has 1 aliphatic heterocycles. The van der Waals surface area contributed by atoms with Crippen molar-refractivity contribution in [2.24, 2.45) is 16.6 Å². The molecule has 2 aliphatic carbocycles. The number of carboxylic acid groups (broad SMARTS) is 1. The highest BCUT2D eigenvalue weighted by atomic mass is 19.4. The number of benzene rings is 2. The molecule has 0 radical (unpaired) electrons. The zero-order valence-electron chi connectivity index (χ0n) is 22.7. The summed E-state index contributed by atoms with van der Waals surface area (Å²) >= 11 is 0. The lowest BCUT2D eigenvalue weighted by molar-refractivity contribution is -0.137. The average molecular weight is 566 g/mol. The van der Waals surface area contributed by atoms with Crippen LogP contribution in [0.2, 0.25) is 0 Å². The number of imidazole rings is 1. The standard InChI is InChI=1S/C31H34F3N5O2/c32-31(33,34)22-14-12-20(13-15-22)18-39-25-26(35)38(17-16-19-6-4-7-19)29(30(40)41)37-27(25)36-28(39)24-11-5-10-23(24)21-8-2-1-3-9-21/h1-3,8-9,12-15,19,23-24,26H,4-7,10-11,16-18,35H2,(H,40,41). The Morgan fingerprint density at radius 2 is 1.66 bits per heavy atom. The summed E-state index contributed by atoms with van der Waals surface area (Å²) in [6, 6.07) is 15.4. The summed E-state index contributed by atoms with van der Waals surface area (Å²) < 4.78 is 41.7. The molecular formula is C31H34F3N5O2. The summed E-state index contributed by atoms with van der Waals surface area (Å²) in [5, 5.41) is 10.0. The lowest BCUT2D eigenvalue weighted by Crippen LogP contribution is -2.46. The SMILES string of the molecule is NC1c2c(nc(C3CCCC3c3ccccc3)n2Cc2ccc(C(F)(F)F)cc2)N=C(C(=O)O)N1CCC1CCC1. The molecule has 2 fully saturated rings. The minimum absolute atomic E-state index is 0.0385. The molecule has 3 aromatic rings. The van der Waals surface area contributed by atoms with E-state index in [2.05, 4.69) is 17.1 Å². The Morgan fingerprint density at radius 1 is 0.976 bits per heavy atom. The van der Waals surface area contributed by atoms with Crippen molar-refractivity contribution < 1.29 is 23.1 Å². The summed E-state index contributed by atoms with van der Waals surface area (Å²) in [6.45, 7) is 0.725. The van der Waals surface area contributed by atoms with Gasteiger partial charge in [0.05, 0.1) is 5.56 Å². The minimum Gasteiger partial charge on any atom is -0.475 e. The predicted molar refractivity (Wildman–Crippen MR) is 149 cm³/mol. The maximum atomic E-state index is 13.3. The molecule has 2 aromatic carbocycles. The van der Waals surface area contributed by atoms with Gasteiger partial charge in [-0.25, -0.2) is 14.8 Å². The molecule has 41 heavy (non-hydrogen) atoms. The van der Waals surface area contributed by atoms with Gasteiger partial charge in [-0.1, -0.05) is 68.1 Å². The fourth-order valence-corrected chi connectivity index (χ4v) is 6.61. The quantitative estimate of drug-likeness (QED) is 0.322. The van der Waals surface area contributed by atoms with Crippen molar-refractivity contribution in [2.45, 2.75) is 75.7 Å². The molecule has 6 rings (SSSR count). The minimum atomic E-state index is -4.42. The molecule has 10 heteroatoms. The van der Waals surface area contributed by atoms with Gasteiger partial charge in [-0.3, -0.25) is 0 Å². The van der Waals surface area contributed by atoms with Gasteiger partial charge in [0.2, 0.25) is 5.84 Å². The first-order chi connectivity index (χ1) is 19.7. The monoisotopic (exact) mass is 565 g/mol. The van der Waals surface area contributed by atoms with E-state index < -0.39 is 23.9 Å². The Labute approximate surface area is 236 Å². The number of hydrogen-bond acceptors (Lipinski definition) is 5. The van der Waals surface area contributed by atoms with E-state index in [0.29, 0.717) is 23.7 Å². The summed E-state index contributed by atoms with van der Waals surface area (Å²) in [5.41, 5.74) is 8.62. The van der Waals surface area contributed by atoms with Crippen molar-refractivity contribution in [3.63, 3.8) is 0 Å². The normalized spacial score (nSPS) is 22.8. The van der Waals surface area contributed by atoms with Gasteiger partial charge in [0, 0.05) is 19.0 Å². The molecule has 0 saturated heterocycles. The van der Waals surface area contributed by atoms with Crippen LogP contribution in [0, 0.1) is 5.92 Å². The molecule has 3 aliphatic rings. The fourth-order valence-electron chi connectivity index (χ4n) is 6.61. The Hall–Kier alpha value is -3.66. The third-order valence-corrected chi connectivity index (χ3v) is 9.01. The number of hydrogen-bond donors (Lipinski definition) is 2. The van der Waals surface area contributed by atoms with Crippen LogP contribution in [-0.4, -0.2) is 37.9 Å². The van der Waals surface area contributed by atoms with Crippen LogP contribution in [0.3, 0.4) is 0 Å². The Morgan fingerprint density at radius 3 is 2.29 bits per heavy atom. The number of nitrogens with two attached hydrogens (primary N) is 1. The number of halogens is 3. The number of alkyl halides is 3. The first kappa shape index (κ1) is 27.5. The highest BCUT2D eigenvalue weighted by molar-refractivity contribution is 6.35. The number of carbonyl (C=O) groups is 1. The van der Waals surface area contributed by atoms with E-state index in [1.54, 1.807) is 4.90 Å². The first-order valence-corrected chi connectivity index (χ1v) is 14.4. The average Bonchev–Trinajstić information content (AvgIpc) is 3.54. The number of carboxylic acids is 1.